The third-order valence-corrected chi connectivity index (χ3v) is 6.23. The van der Waals surface area contributed by atoms with Crippen LogP contribution in [0.5, 0.6) is 17.2 Å². The number of nitrogens with one attached hydrogen (secondary N) is 2. The highest BCUT2D eigenvalue weighted by atomic mass is 19.1. The Balaban J connectivity index is 1.18. The normalized spacial score (nSPS) is 16.9. The van der Waals surface area contributed by atoms with E-state index in [2.05, 4.69) is 35.6 Å². The Morgan fingerprint density at radius 1 is 1.11 bits per heavy atom. The lowest BCUT2D eigenvalue weighted by molar-refractivity contribution is 0.271. The van der Waals surface area contributed by atoms with Gasteiger partial charge in [-0.25, -0.2) is 28.8 Å². The highest BCUT2D eigenvalue weighted by Crippen LogP contribution is 2.35. The number of hydrogen-bond donors (Lipinski definition) is 2. The van der Waals surface area contributed by atoms with E-state index in [1.165, 1.54) is 18.7 Å². The van der Waals surface area contributed by atoms with Crippen molar-refractivity contribution in [1.82, 2.24) is 34.9 Å². The smallest absolute Gasteiger partial charge is 0.172 e. The number of pyridine rings is 2. The third-order valence-electron chi connectivity index (χ3n) is 6.23. The van der Waals surface area contributed by atoms with E-state index in [9.17, 15) is 4.39 Å². The molecule has 2 bridgehead atoms. The van der Waals surface area contributed by atoms with Crippen molar-refractivity contribution in [3.8, 4) is 17.2 Å². The minimum absolute atomic E-state index is 0.0887. The molecular formula is C24H20FN9O2. The largest absolute Gasteiger partial charge is 0.488 e. The minimum atomic E-state index is -0.526. The van der Waals surface area contributed by atoms with E-state index in [-0.39, 0.29) is 11.8 Å². The fraction of sp³-hybridized carbons (Fsp3) is 0.208. The molecule has 0 saturated carbocycles. The Morgan fingerprint density at radius 3 is 3.03 bits per heavy atom. The number of benzene rings is 1. The quantitative estimate of drug-likeness (QED) is 0.394. The first-order valence-corrected chi connectivity index (χ1v) is 11.5. The number of fused-ring (bicyclic) bond motifs is 6. The van der Waals surface area contributed by atoms with Crippen molar-refractivity contribution in [2.75, 3.05) is 36.5 Å². The van der Waals surface area contributed by atoms with Crippen molar-refractivity contribution in [1.29, 1.82) is 0 Å². The van der Waals surface area contributed by atoms with Gasteiger partial charge in [0.2, 0.25) is 0 Å². The summed E-state index contributed by atoms with van der Waals surface area (Å²) in [5.74, 6) is 1.97. The fourth-order valence-corrected chi connectivity index (χ4v) is 4.49. The molecule has 180 valence electrons. The average molecular weight is 485 g/mol. The van der Waals surface area contributed by atoms with Gasteiger partial charge in [-0.05, 0) is 18.2 Å². The second-order valence-corrected chi connectivity index (χ2v) is 8.61. The van der Waals surface area contributed by atoms with Gasteiger partial charge < -0.3 is 25.0 Å². The predicted octanol–water partition coefficient (Wildman–Crippen LogP) is 2.91. The summed E-state index contributed by atoms with van der Waals surface area (Å²) in [5, 5.41) is 10.7. The van der Waals surface area contributed by atoms with Crippen LogP contribution in [-0.4, -0.2) is 61.8 Å². The van der Waals surface area contributed by atoms with Crippen molar-refractivity contribution < 1.29 is 13.9 Å². The van der Waals surface area contributed by atoms with Crippen LogP contribution in [0.3, 0.4) is 0 Å². The summed E-state index contributed by atoms with van der Waals surface area (Å²) in [6, 6.07) is 10.1. The minimum Gasteiger partial charge on any atom is -0.488 e. The van der Waals surface area contributed by atoms with Crippen molar-refractivity contribution >= 4 is 34.0 Å². The van der Waals surface area contributed by atoms with E-state index < -0.39 is 5.82 Å². The van der Waals surface area contributed by atoms with Crippen molar-refractivity contribution in [2.45, 2.75) is 6.04 Å². The molecule has 6 heterocycles. The number of rotatable bonds is 4. The van der Waals surface area contributed by atoms with Crippen LogP contribution in [-0.2, 0) is 0 Å². The van der Waals surface area contributed by atoms with E-state index in [0.717, 1.165) is 25.5 Å². The number of anilines is 3. The van der Waals surface area contributed by atoms with Crippen LogP contribution in [0.1, 0.15) is 0 Å². The second-order valence-electron chi connectivity index (χ2n) is 8.61. The Labute approximate surface area is 203 Å². The van der Waals surface area contributed by atoms with Gasteiger partial charge in [-0.1, -0.05) is 0 Å². The van der Waals surface area contributed by atoms with Gasteiger partial charge in [0, 0.05) is 49.7 Å². The number of piperazine rings is 1. The zero-order valence-corrected chi connectivity index (χ0v) is 18.9. The van der Waals surface area contributed by atoms with E-state index >= 15 is 0 Å². The van der Waals surface area contributed by atoms with Gasteiger partial charge in [0.15, 0.2) is 34.6 Å². The van der Waals surface area contributed by atoms with Crippen LogP contribution in [0.2, 0.25) is 0 Å². The first-order valence-electron chi connectivity index (χ1n) is 11.5. The van der Waals surface area contributed by atoms with Gasteiger partial charge in [-0.3, -0.25) is 0 Å². The van der Waals surface area contributed by atoms with Gasteiger partial charge in [-0.2, -0.15) is 5.10 Å². The van der Waals surface area contributed by atoms with E-state index in [1.807, 2.05) is 6.07 Å². The first-order chi connectivity index (χ1) is 17.7. The monoisotopic (exact) mass is 485 g/mol. The molecule has 12 heteroatoms. The molecule has 1 fully saturated rings. The summed E-state index contributed by atoms with van der Waals surface area (Å²) in [4.78, 5) is 19.9. The Morgan fingerprint density at radius 2 is 2.08 bits per heavy atom. The number of nitrogens with zero attached hydrogens (tertiary/aromatic N) is 7. The lowest BCUT2D eigenvalue weighted by atomic mass is 10.2. The topological polar surface area (TPSA) is 115 Å². The van der Waals surface area contributed by atoms with Crippen molar-refractivity contribution in [3.63, 3.8) is 0 Å². The van der Waals surface area contributed by atoms with Crippen LogP contribution >= 0.6 is 0 Å². The lowest BCUT2D eigenvalue weighted by Gasteiger charge is -2.31. The molecule has 5 aromatic rings. The molecule has 0 radical (unpaired) electrons. The van der Waals surface area contributed by atoms with Crippen LogP contribution in [0.25, 0.3) is 16.7 Å². The average Bonchev–Trinajstić information content (AvgIpc) is 3.33. The Hall–Kier alpha value is -4.58. The highest BCUT2D eigenvalue weighted by molar-refractivity contribution is 5.90. The summed E-state index contributed by atoms with van der Waals surface area (Å²) < 4.78 is 28.3. The van der Waals surface area contributed by atoms with Crippen LogP contribution < -0.4 is 25.0 Å². The molecule has 1 atom stereocenters. The van der Waals surface area contributed by atoms with Gasteiger partial charge in [0.05, 0.1) is 11.6 Å². The van der Waals surface area contributed by atoms with Crippen molar-refractivity contribution in [3.05, 3.63) is 61.1 Å². The molecular weight excluding hydrogens is 465 g/mol. The van der Waals surface area contributed by atoms with Crippen LogP contribution in [0, 0.1) is 5.82 Å². The van der Waals surface area contributed by atoms with Gasteiger partial charge in [-0.15, -0.1) is 0 Å². The number of hydrogen-bond acceptors (Lipinski definition) is 10. The third kappa shape index (κ3) is 3.67. The molecule has 11 nitrogen and oxygen atoms in total. The zero-order chi connectivity index (χ0) is 24.1. The van der Waals surface area contributed by atoms with Crippen LogP contribution in [0.15, 0.2) is 55.2 Å². The molecule has 0 spiro atoms. The van der Waals surface area contributed by atoms with Gasteiger partial charge in [0.25, 0.3) is 0 Å². The SMILES string of the molecule is Fc1cc(Nc2ncnc3cc4c(nc23)N2CCN[C@H](CO4)C2)ccc1Oc1ccn2ncnc2c1. The molecule has 2 N–H and O–H groups in total. The molecule has 1 saturated heterocycles. The first kappa shape index (κ1) is 20.8. The lowest BCUT2D eigenvalue weighted by Crippen LogP contribution is -2.51. The molecule has 2 aliphatic heterocycles. The summed E-state index contributed by atoms with van der Waals surface area (Å²) >= 11 is 0. The van der Waals surface area contributed by atoms with Gasteiger partial charge in [0.1, 0.15) is 30.5 Å². The zero-order valence-electron chi connectivity index (χ0n) is 18.9. The molecule has 36 heavy (non-hydrogen) atoms. The standard InChI is InChI=1S/C24H20FN9O2/c25-17-7-14(1-2-19(17)36-16-3-5-34-21(8-16)28-13-30-34)31-23-22-18(27-12-29-23)9-20-24(32-22)33-6-4-26-15(10-33)11-35-20/h1-3,5,7-9,12-13,15,26H,4,6,10-11H2,(H,27,29,31)/t15-/m0/s1. The predicted molar refractivity (Wildman–Crippen MR) is 130 cm³/mol. The summed E-state index contributed by atoms with van der Waals surface area (Å²) in [7, 11) is 0. The maximum absolute atomic E-state index is 14.9. The highest BCUT2D eigenvalue weighted by Gasteiger charge is 2.28. The molecule has 1 aromatic carbocycles. The maximum atomic E-state index is 14.9. The van der Waals surface area contributed by atoms with Gasteiger partial charge >= 0.3 is 0 Å². The number of aromatic nitrogens is 6. The summed E-state index contributed by atoms with van der Waals surface area (Å²) in [5.41, 5.74) is 2.33. The number of ether oxygens (including phenoxy) is 2. The van der Waals surface area contributed by atoms with Crippen LogP contribution in [0.4, 0.5) is 21.7 Å². The Bertz CT molecular complexity index is 1610. The fourth-order valence-electron chi connectivity index (χ4n) is 4.49. The molecule has 0 unspecified atom stereocenters. The molecule has 0 aliphatic carbocycles. The molecule has 4 aromatic heterocycles. The van der Waals surface area contributed by atoms with E-state index in [4.69, 9.17) is 14.5 Å². The molecule has 0 amide bonds. The summed E-state index contributed by atoms with van der Waals surface area (Å²) in [6.45, 7) is 3.09. The molecule has 2 aliphatic rings. The Kier molecular flexibility index (Phi) is 4.77. The second kappa shape index (κ2) is 8.27. The summed E-state index contributed by atoms with van der Waals surface area (Å²) in [6.07, 6.45) is 4.59. The van der Waals surface area contributed by atoms with E-state index in [0.29, 0.717) is 46.3 Å². The van der Waals surface area contributed by atoms with Crippen molar-refractivity contribution in [2.24, 2.45) is 0 Å². The van der Waals surface area contributed by atoms with E-state index in [1.54, 1.807) is 35.0 Å². The number of halogens is 1. The maximum Gasteiger partial charge on any atom is 0.172 e. The molecule has 7 rings (SSSR count).